The molecule has 1 N–H and O–H groups in total. The molecule has 1 aliphatic heterocycles. The third-order valence-corrected chi connectivity index (χ3v) is 2.24. The van der Waals surface area contributed by atoms with Crippen LogP contribution in [0, 0.1) is 11.3 Å². The Morgan fingerprint density at radius 1 is 1.58 bits per heavy atom. The van der Waals surface area contributed by atoms with Crippen LogP contribution >= 0.6 is 0 Å². The molecule has 0 saturated carbocycles. The Hall–Kier alpha value is -1.08. The molecule has 1 heterocycles. The SMILES string of the molecule is CC(=O)N1CCC(O)(C#N)CC1. The molecular weight excluding hydrogens is 156 g/mol. The first-order valence-electron chi connectivity index (χ1n) is 3.96. The fourth-order valence-corrected chi connectivity index (χ4v) is 1.30. The fraction of sp³-hybridized carbons (Fsp3) is 0.750. The van der Waals surface area contributed by atoms with Crippen molar-refractivity contribution in [3.63, 3.8) is 0 Å². The Morgan fingerprint density at radius 2 is 2.08 bits per heavy atom. The highest BCUT2D eigenvalue weighted by Gasteiger charge is 2.32. The van der Waals surface area contributed by atoms with Crippen LogP contribution in [0.1, 0.15) is 19.8 Å². The highest BCUT2D eigenvalue weighted by Crippen LogP contribution is 2.20. The van der Waals surface area contributed by atoms with Crippen molar-refractivity contribution in [1.29, 1.82) is 5.26 Å². The predicted octanol–water partition coefficient (Wildman–Crippen LogP) is -0.117. The van der Waals surface area contributed by atoms with Gasteiger partial charge in [0.25, 0.3) is 0 Å². The Kier molecular flexibility index (Phi) is 2.34. The molecule has 12 heavy (non-hydrogen) atoms. The second-order valence-corrected chi connectivity index (χ2v) is 3.15. The van der Waals surface area contributed by atoms with E-state index >= 15 is 0 Å². The number of piperidine rings is 1. The molecular formula is C8H12N2O2. The molecule has 4 nitrogen and oxygen atoms in total. The molecule has 0 bridgehead atoms. The van der Waals surface area contributed by atoms with Gasteiger partial charge < -0.3 is 10.0 Å². The maximum Gasteiger partial charge on any atom is 0.219 e. The van der Waals surface area contributed by atoms with E-state index in [1.54, 1.807) is 4.90 Å². The minimum Gasteiger partial charge on any atom is -0.375 e. The van der Waals surface area contributed by atoms with Crippen LogP contribution in [0.15, 0.2) is 0 Å². The molecule has 1 rings (SSSR count). The normalized spacial score (nSPS) is 21.6. The lowest BCUT2D eigenvalue weighted by molar-refractivity contribution is -0.131. The average molecular weight is 168 g/mol. The number of hydrogen-bond donors (Lipinski definition) is 1. The lowest BCUT2D eigenvalue weighted by Gasteiger charge is -2.33. The summed E-state index contributed by atoms with van der Waals surface area (Å²) in [6.45, 7) is 2.47. The zero-order valence-electron chi connectivity index (χ0n) is 7.08. The van der Waals surface area contributed by atoms with Crippen molar-refractivity contribution in [3.05, 3.63) is 0 Å². The summed E-state index contributed by atoms with van der Waals surface area (Å²) in [7, 11) is 0. The van der Waals surface area contributed by atoms with Crippen LogP contribution in [0.3, 0.4) is 0 Å². The van der Waals surface area contributed by atoms with Gasteiger partial charge in [0.1, 0.15) is 0 Å². The quantitative estimate of drug-likeness (QED) is 0.513. The van der Waals surface area contributed by atoms with Crippen LogP contribution < -0.4 is 0 Å². The van der Waals surface area contributed by atoms with Crippen molar-refractivity contribution in [1.82, 2.24) is 4.90 Å². The smallest absolute Gasteiger partial charge is 0.219 e. The number of likely N-dealkylation sites (tertiary alicyclic amines) is 1. The maximum atomic E-state index is 10.9. The Labute approximate surface area is 71.4 Å². The van der Waals surface area contributed by atoms with Crippen LogP contribution in [-0.4, -0.2) is 34.6 Å². The molecule has 0 atom stereocenters. The van der Waals surface area contributed by atoms with Gasteiger partial charge in [-0.2, -0.15) is 5.26 Å². The molecule has 0 aromatic heterocycles. The molecule has 1 saturated heterocycles. The van der Waals surface area contributed by atoms with E-state index in [0.717, 1.165) is 0 Å². The van der Waals surface area contributed by atoms with E-state index in [0.29, 0.717) is 25.9 Å². The molecule has 66 valence electrons. The fourth-order valence-electron chi connectivity index (χ4n) is 1.30. The summed E-state index contributed by atoms with van der Waals surface area (Å²) in [5.74, 6) is 0.00925. The van der Waals surface area contributed by atoms with E-state index in [-0.39, 0.29) is 5.91 Å². The van der Waals surface area contributed by atoms with Gasteiger partial charge in [-0.25, -0.2) is 0 Å². The molecule has 0 unspecified atom stereocenters. The van der Waals surface area contributed by atoms with Gasteiger partial charge in [-0.3, -0.25) is 4.79 Å². The van der Waals surface area contributed by atoms with Crippen molar-refractivity contribution in [2.24, 2.45) is 0 Å². The number of nitrogens with zero attached hydrogens (tertiary/aromatic N) is 2. The molecule has 1 fully saturated rings. The molecule has 0 aromatic carbocycles. The summed E-state index contributed by atoms with van der Waals surface area (Å²) in [5, 5.41) is 18.1. The van der Waals surface area contributed by atoms with Crippen molar-refractivity contribution >= 4 is 5.91 Å². The van der Waals surface area contributed by atoms with Gasteiger partial charge in [0.05, 0.1) is 6.07 Å². The minimum absolute atomic E-state index is 0.00925. The summed E-state index contributed by atoms with van der Waals surface area (Å²) in [6, 6.07) is 1.86. The molecule has 4 heteroatoms. The van der Waals surface area contributed by atoms with Gasteiger partial charge in [0.15, 0.2) is 5.60 Å². The zero-order valence-corrected chi connectivity index (χ0v) is 7.08. The van der Waals surface area contributed by atoms with Gasteiger partial charge >= 0.3 is 0 Å². The van der Waals surface area contributed by atoms with Crippen molar-refractivity contribution in [2.45, 2.75) is 25.4 Å². The molecule has 0 radical (unpaired) electrons. The molecule has 1 amide bonds. The molecule has 0 spiro atoms. The number of carbonyl (C=O) groups is 1. The van der Waals surface area contributed by atoms with Gasteiger partial charge in [0.2, 0.25) is 5.91 Å². The summed E-state index contributed by atoms with van der Waals surface area (Å²) in [4.78, 5) is 12.5. The van der Waals surface area contributed by atoms with Crippen LogP contribution in [0.5, 0.6) is 0 Å². The van der Waals surface area contributed by atoms with E-state index in [1.807, 2.05) is 6.07 Å². The van der Waals surface area contributed by atoms with Crippen molar-refractivity contribution in [2.75, 3.05) is 13.1 Å². The number of nitriles is 1. The van der Waals surface area contributed by atoms with Gasteiger partial charge in [-0.05, 0) is 0 Å². The molecule has 0 aromatic rings. The summed E-state index contributed by atoms with van der Waals surface area (Å²) >= 11 is 0. The van der Waals surface area contributed by atoms with Crippen molar-refractivity contribution < 1.29 is 9.90 Å². The second-order valence-electron chi connectivity index (χ2n) is 3.15. The first-order valence-corrected chi connectivity index (χ1v) is 3.96. The summed E-state index contributed by atoms with van der Waals surface area (Å²) < 4.78 is 0. The first kappa shape index (κ1) is 9.01. The van der Waals surface area contributed by atoms with E-state index < -0.39 is 5.60 Å². The van der Waals surface area contributed by atoms with Crippen LogP contribution in [0.2, 0.25) is 0 Å². The monoisotopic (exact) mass is 168 g/mol. The van der Waals surface area contributed by atoms with Crippen LogP contribution in [0.4, 0.5) is 0 Å². The van der Waals surface area contributed by atoms with Gasteiger partial charge in [-0.1, -0.05) is 0 Å². The van der Waals surface area contributed by atoms with Gasteiger partial charge in [-0.15, -0.1) is 0 Å². The standard InChI is InChI=1S/C8H12N2O2/c1-7(11)10-4-2-8(12,6-9)3-5-10/h12H,2-5H2,1H3. The van der Waals surface area contributed by atoms with E-state index in [4.69, 9.17) is 5.26 Å². The molecule has 0 aliphatic carbocycles. The topological polar surface area (TPSA) is 64.3 Å². The van der Waals surface area contributed by atoms with E-state index in [1.165, 1.54) is 6.92 Å². The number of hydrogen-bond acceptors (Lipinski definition) is 3. The predicted molar refractivity (Wildman–Crippen MR) is 42.1 cm³/mol. The van der Waals surface area contributed by atoms with E-state index in [9.17, 15) is 9.90 Å². The lowest BCUT2D eigenvalue weighted by Crippen LogP contribution is -2.45. The number of carbonyl (C=O) groups excluding carboxylic acids is 1. The first-order chi connectivity index (χ1) is 5.57. The highest BCUT2D eigenvalue weighted by atomic mass is 16.3. The lowest BCUT2D eigenvalue weighted by atomic mass is 9.93. The van der Waals surface area contributed by atoms with Gasteiger partial charge in [0, 0.05) is 32.9 Å². The summed E-state index contributed by atoms with van der Waals surface area (Å²) in [5.41, 5.74) is -1.20. The second kappa shape index (κ2) is 3.11. The largest absolute Gasteiger partial charge is 0.375 e. The van der Waals surface area contributed by atoms with Crippen LogP contribution in [-0.2, 0) is 4.79 Å². The summed E-state index contributed by atoms with van der Waals surface area (Å²) in [6.07, 6.45) is 0.728. The maximum absolute atomic E-state index is 10.9. The number of aliphatic hydroxyl groups is 1. The van der Waals surface area contributed by atoms with E-state index in [2.05, 4.69) is 0 Å². The zero-order chi connectivity index (χ0) is 9.19. The molecule has 1 aliphatic rings. The number of rotatable bonds is 0. The number of amides is 1. The van der Waals surface area contributed by atoms with Crippen LogP contribution in [0.25, 0.3) is 0 Å². The third-order valence-electron chi connectivity index (χ3n) is 2.24. The average Bonchev–Trinajstić information content (AvgIpc) is 2.05. The van der Waals surface area contributed by atoms with Crippen molar-refractivity contribution in [3.8, 4) is 6.07 Å². The highest BCUT2D eigenvalue weighted by molar-refractivity contribution is 5.73. The Balaban J connectivity index is 2.51. The minimum atomic E-state index is -1.20. The Bertz CT molecular complexity index is 224. The third kappa shape index (κ3) is 1.74. The Morgan fingerprint density at radius 3 is 2.42 bits per heavy atom.